The van der Waals surface area contributed by atoms with Crippen LogP contribution in [-0.2, 0) is 4.79 Å². The third-order valence-electron chi connectivity index (χ3n) is 3.53. The molecule has 0 aliphatic carbocycles. The van der Waals surface area contributed by atoms with Crippen LogP contribution in [0.5, 0.6) is 0 Å². The third-order valence-corrected chi connectivity index (χ3v) is 4.07. The molecule has 2 aromatic rings. The summed E-state index contributed by atoms with van der Waals surface area (Å²) in [6.07, 6.45) is 0.568. The molecule has 22 heavy (non-hydrogen) atoms. The summed E-state index contributed by atoms with van der Waals surface area (Å²) >= 11 is 6.15. The number of nitrogens with one attached hydrogen (secondary N) is 1. The first-order chi connectivity index (χ1) is 10.5. The van der Waals surface area contributed by atoms with Gasteiger partial charge in [-0.15, -0.1) is 0 Å². The van der Waals surface area contributed by atoms with Crippen LogP contribution in [0, 0.1) is 25.2 Å². The van der Waals surface area contributed by atoms with E-state index < -0.39 is 6.04 Å². The number of nitriles is 1. The number of hydrogen-bond donors (Lipinski definition) is 1. The van der Waals surface area contributed by atoms with Gasteiger partial charge in [0.2, 0.25) is 5.91 Å². The summed E-state index contributed by atoms with van der Waals surface area (Å²) in [6, 6.07) is 8.49. The van der Waals surface area contributed by atoms with Crippen molar-refractivity contribution in [1.29, 1.82) is 5.26 Å². The lowest BCUT2D eigenvalue weighted by atomic mass is 10.1. The molecule has 6 heteroatoms. The van der Waals surface area contributed by atoms with Crippen LogP contribution in [0.3, 0.4) is 0 Å². The Bertz CT molecular complexity index is 745. The van der Waals surface area contributed by atoms with Crippen molar-refractivity contribution in [2.45, 2.75) is 33.2 Å². The second-order valence-electron chi connectivity index (χ2n) is 5.00. The maximum Gasteiger partial charge on any atom is 0.249 e. The first kappa shape index (κ1) is 16.1. The number of hydrogen-bond acceptors (Lipinski definition) is 3. The first-order valence-electron chi connectivity index (χ1n) is 7.00. The van der Waals surface area contributed by atoms with Gasteiger partial charge in [0, 0.05) is 0 Å². The van der Waals surface area contributed by atoms with Crippen LogP contribution in [0.1, 0.15) is 36.3 Å². The van der Waals surface area contributed by atoms with Crippen molar-refractivity contribution in [3.05, 3.63) is 46.2 Å². The Kier molecular flexibility index (Phi) is 4.84. The fourth-order valence-corrected chi connectivity index (χ4v) is 2.45. The number of halogens is 1. The zero-order chi connectivity index (χ0) is 16.3. The van der Waals surface area contributed by atoms with Gasteiger partial charge in [-0.2, -0.15) is 10.4 Å². The number of aryl methyl sites for hydroxylation is 1. The maximum atomic E-state index is 12.6. The van der Waals surface area contributed by atoms with Gasteiger partial charge in [0.25, 0.3) is 0 Å². The largest absolute Gasteiger partial charge is 0.323 e. The Balaban J connectivity index is 2.30. The molecule has 2 rings (SSSR count). The van der Waals surface area contributed by atoms with Crippen LogP contribution < -0.4 is 5.32 Å². The van der Waals surface area contributed by atoms with Gasteiger partial charge >= 0.3 is 0 Å². The molecule has 0 spiro atoms. The predicted molar refractivity (Wildman–Crippen MR) is 85.8 cm³/mol. The molecule has 114 valence electrons. The lowest BCUT2D eigenvalue weighted by molar-refractivity contribution is -0.119. The highest BCUT2D eigenvalue weighted by Gasteiger charge is 2.23. The fourth-order valence-electron chi connectivity index (χ4n) is 2.32. The summed E-state index contributed by atoms with van der Waals surface area (Å²) in [6.45, 7) is 5.55. The lowest BCUT2D eigenvalue weighted by Gasteiger charge is -2.17. The van der Waals surface area contributed by atoms with Crippen molar-refractivity contribution in [2.24, 2.45) is 0 Å². The minimum atomic E-state index is -0.474. The van der Waals surface area contributed by atoms with E-state index in [1.165, 1.54) is 0 Å². The van der Waals surface area contributed by atoms with Crippen molar-refractivity contribution in [1.82, 2.24) is 9.78 Å². The molecule has 0 fully saturated rings. The van der Waals surface area contributed by atoms with Gasteiger partial charge in [0.1, 0.15) is 12.1 Å². The van der Waals surface area contributed by atoms with E-state index in [1.54, 1.807) is 35.9 Å². The molecule has 0 radical (unpaired) electrons. The average molecular weight is 317 g/mol. The first-order valence-corrected chi connectivity index (χ1v) is 7.38. The van der Waals surface area contributed by atoms with E-state index in [2.05, 4.69) is 16.5 Å². The van der Waals surface area contributed by atoms with Crippen molar-refractivity contribution in [3.8, 4) is 6.07 Å². The molecule has 1 heterocycles. The maximum absolute atomic E-state index is 12.6. The van der Waals surface area contributed by atoms with E-state index in [1.807, 2.05) is 13.8 Å². The molecule has 1 unspecified atom stereocenters. The number of amides is 1. The molecule has 1 amide bonds. The number of anilines is 1. The number of aromatic nitrogens is 2. The molecule has 1 aromatic carbocycles. The van der Waals surface area contributed by atoms with Gasteiger partial charge < -0.3 is 5.32 Å². The number of benzene rings is 1. The number of carbonyl (C=O) groups excluding carboxylic acids is 1. The summed E-state index contributed by atoms with van der Waals surface area (Å²) in [4.78, 5) is 12.6. The van der Waals surface area contributed by atoms with Crippen molar-refractivity contribution in [3.63, 3.8) is 0 Å². The van der Waals surface area contributed by atoms with Crippen LogP contribution in [0.4, 0.5) is 5.69 Å². The summed E-state index contributed by atoms with van der Waals surface area (Å²) in [5.74, 6) is -0.215. The summed E-state index contributed by atoms with van der Waals surface area (Å²) in [5.41, 5.74) is 2.38. The number of para-hydroxylation sites is 1. The van der Waals surface area contributed by atoms with Gasteiger partial charge in [0.15, 0.2) is 0 Å². The van der Waals surface area contributed by atoms with Crippen LogP contribution >= 0.6 is 11.6 Å². The minimum Gasteiger partial charge on any atom is -0.323 e. The highest BCUT2D eigenvalue weighted by molar-refractivity contribution is 6.31. The fraction of sp³-hybridized carbons (Fsp3) is 0.312. The van der Waals surface area contributed by atoms with Gasteiger partial charge in [0.05, 0.1) is 27.7 Å². The molecule has 1 N–H and O–H groups in total. The van der Waals surface area contributed by atoms with E-state index in [0.717, 1.165) is 5.69 Å². The molecule has 5 nitrogen and oxygen atoms in total. The van der Waals surface area contributed by atoms with E-state index in [-0.39, 0.29) is 5.91 Å². The van der Waals surface area contributed by atoms with Crippen molar-refractivity contribution >= 4 is 23.2 Å². The Morgan fingerprint density at radius 2 is 2.14 bits per heavy atom. The smallest absolute Gasteiger partial charge is 0.249 e. The predicted octanol–water partition coefficient (Wildman–Crippen LogP) is 3.61. The Morgan fingerprint density at radius 3 is 2.68 bits per heavy atom. The third kappa shape index (κ3) is 2.97. The molecule has 0 aliphatic rings. The molecule has 0 saturated heterocycles. The Morgan fingerprint density at radius 1 is 1.45 bits per heavy atom. The quantitative estimate of drug-likeness (QED) is 0.936. The summed E-state index contributed by atoms with van der Waals surface area (Å²) in [5, 5.41) is 16.8. The Labute approximate surface area is 134 Å². The molecule has 0 aliphatic heterocycles. The van der Waals surface area contributed by atoms with Crippen LogP contribution in [-0.4, -0.2) is 15.7 Å². The molecular weight excluding hydrogens is 300 g/mol. The second kappa shape index (κ2) is 6.63. The minimum absolute atomic E-state index is 0.215. The van der Waals surface area contributed by atoms with Crippen molar-refractivity contribution in [2.75, 3.05) is 5.32 Å². The summed E-state index contributed by atoms with van der Waals surface area (Å²) in [7, 11) is 0. The normalized spacial score (nSPS) is 11.8. The highest BCUT2D eigenvalue weighted by atomic mass is 35.5. The standard InChI is InChI=1S/C16H17ClN4O/c1-4-14(21-11(3)15(17)10(2)20-21)16(22)19-13-8-6-5-7-12(13)9-18/h5-8,14H,4H2,1-3H3,(H,19,22). The summed E-state index contributed by atoms with van der Waals surface area (Å²) < 4.78 is 1.64. The lowest BCUT2D eigenvalue weighted by Crippen LogP contribution is -2.27. The van der Waals surface area contributed by atoms with Gasteiger partial charge in [-0.1, -0.05) is 30.7 Å². The highest BCUT2D eigenvalue weighted by Crippen LogP contribution is 2.25. The molecule has 1 atom stereocenters. The Hall–Kier alpha value is -2.32. The van der Waals surface area contributed by atoms with Crippen LogP contribution in [0.15, 0.2) is 24.3 Å². The van der Waals surface area contributed by atoms with E-state index in [4.69, 9.17) is 16.9 Å². The van der Waals surface area contributed by atoms with Gasteiger partial charge in [-0.3, -0.25) is 9.48 Å². The second-order valence-corrected chi connectivity index (χ2v) is 5.38. The molecule has 1 aromatic heterocycles. The average Bonchev–Trinajstić information content (AvgIpc) is 2.76. The molecule has 0 bridgehead atoms. The zero-order valence-electron chi connectivity index (χ0n) is 12.7. The number of rotatable bonds is 4. The SMILES string of the molecule is CCC(C(=O)Nc1ccccc1C#N)n1nc(C)c(Cl)c1C. The van der Waals surface area contributed by atoms with Crippen LogP contribution in [0.25, 0.3) is 0 Å². The van der Waals surface area contributed by atoms with Crippen LogP contribution in [0.2, 0.25) is 5.02 Å². The molecular formula is C16H17ClN4O. The molecule has 0 saturated carbocycles. The van der Waals surface area contributed by atoms with Crippen molar-refractivity contribution < 1.29 is 4.79 Å². The van der Waals surface area contributed by atoms with E-state index in [9.17, 15) is 4.79 Å². The van der Waals surface area contributed by atoms with E-state index >= 15 is 0 Å². The number of carbonyl (C=O) groups is 1. The topological polar surface area (TPSA) is 70.7 Å². The monoisotopic (exact) mass is 316 g/mol. The number of nitrogens with zero attached hydrogens (tertiary/aromatic N) is 3. The van der Waals surface area contributed by atoms with E-state index in [0.29, 0.717) is 28.4 Å². The van der Waals surface area contributed by atoms with Gasteiger partial charge in [-0.25, -0.2) is 0 Å². The van der Waals surface area contributed by atoms with Gasteiger partial charge in [-0.05, 0) is 32.4 Å². The zero-order valence-corrected chi connectivity index (χ0v) is 13.5.